The molecule has 0 aliphatic carbocycles. The fourth-order valence-corrected chi connectivity index (χ4v) is 2.56. The van der Waals surface area contributed by atoms with Crippen LogP contribution in [0.4, 0.5) is 0 Å². The van der Waals surface area contributed by atoms with Gasteiger partial charge < -0.3 is 4.74 Å². The molecule has 0 saturated heterocycles. The Labute approximate surface area is 133 Å². The summed E-state index contributed by atoms with van der Waals surface area (Å²) < 4.78 is 7.15. The Morgan fingerprint density at radius 2 is 2.16 bits per heavy atom. The van der Waals surface area contributed by atoms with E-state index in [4.69, 9.17) is 4.74 Å². The number of rotatable bonds is 4. The summed E-state index contributed by atoms with van der Waals surface area (Å²) in [7, 11) is 0. The highest BCUT2D eigenvalue weighted by molar-refractivity contribution is 14.1. The molecule has 0 unspecified atom stereocenters. The zero-order valence-corrected chi connectivity index (χ0v) is 13.9. The summed E-state index contributed by atoms with van der Waals surface area (Å²) in [6, 6.07) is 7.35. The number of pyridine rings is 1. The Balaban J connectivity index is 2.38. The van der Waals surface area contributed by atoms with Gasteiger partial charge in [-0.05, 0) is 53.8 Å². The number of benzene rings is 1. The second-order valence-electron chi connectivity index (χ2n) is 3.80. The molecule has 0 amide bonds. The first-order chi connectivity index (χ1) is 9.11. The van der Waals surface area contributed by atoms with Gasteiger partial charge in [0.2, 0.25) is 0 Å². The average molecular weight is 432 g/mol. The third-order valence-corrected chi connectivity index (χ3v) is 3.89. The maximum absolute atomic E-state index is 12.5. The first-order valence-corrected chi connectivity index (χ1v) is 7.56. The largest absolute Gasteiger partial charge is 0.492 e. The molecule has 0 N–H and O–H groups in total. The van der Waals surface area contributed by atoms with Gasteiger partial charge in [-0.3, -0.25) is 9.78 Å². The third kappa shape index (κ3) is 3.54. The Kier molecular flexibility index (Phi) is 4.93. The number of nitrogens with zero attached hydrogens (tertiary/aromatic N) is 1. The Morgan fingerprint density at radius 3 is 2.89 bits per heavy atom. The Bertz CT molecular complexity index is 616. The van der Waals surface area contributed by atoms with E-state index in [-0.39, 0.29) is 5.78 Å². The third-order valence-electron chi connectivity index (χ3n) is 2.46. The number of carbonyl (C=O) groups excluding carboxylic acids is 1. The number of ether oxygens (including phenoxy) is 1. The SMILES string of the molecule is CCOc1cncc(C(=O)c2cc(Br)ccc2I)c1. The van der Waals surface area contributed by atoms with Gasteiger partial charge in [0.15, 0.2) is 5.78 Å². The number of halogens is 2. The van der Waals surface area contributed by atoms with Crippen LogP contribution in [0.5, 0.6) is 5.75 Å². The van der Waals surface area contributed by atoms with Crippen LogP contribution >= 0.6 is 38.5 Å². The van der Waals surface area contributed by atoms with Crippen LogP contribution in [-0.4, -0.2) is 17.4 Å². The molecule has 98 valence electrons. The number of hydrogen-bond donors (Lipinski definition) is 0. The molecule has 0 spiro atoms. The normalized spacial score (nSPS) is 10.3. The summed E-state index contributed by atoms with van der Waals surface area (Å²) in [5, 5.41) is 0. The van der Waals surface area contributed by atoms with Crippen molar-refractivity contribution in [1.82, 2.24) is 4.98 Å². The lowest BCUT2D eigenvalue weighted by Crippen LogP contribution is -2.05. The molecule has 0 atom stereocenters. The van der Waals surface area contributed by atoms with Crippen LogP contribution in [0.2, 0.25) is 0 Å². The molecule has 1 heterocycles. The lowest BCUT2D eigenvalue weighted by atomic mass is 10.1. The van der Waals surface area contributed by atoms with Crippen molar-refractivity contribution in [2.45, 2.75) is 6.92 Å². The molecular weight excluding hydrogens is 421 g/mol. The van der Waals surface area contributed by atoms with Crippen LogP contribution in [0.3, 0.4) is 0 Å². The van der Waals surface area contributed by atoms with E-state index in [0.717, 1.165) is 8.04 Å². The molecule has 3 nitrogen and oxygen atoms in total. The van der Waals surface area contributed by atoms with Gasteiger partial charge in [0, 0.05) is 25.4 Å². The van der Waals surface area contributed by atoms with Crippen molar-refractivity contribution in [3.8, 4) is 5.75 Å². The second kappa shape index (κ2) is 6.47. The van der Waals surface area contributed by atoms with Crippen LogP contribution in [0, 0.1) is 3.57 Å². The second-order valence-corrected chi connectivity index (χ2v) is 5.87. The van der Waals surface area contributed by atoms with Crippen LogP contribution in [0.1, 0.15) is 22.8 Å². The van der Waals surface area contributed by atoms with Crippen LogP contribution < -0.4 is 4.74 Å². The molecule has 0 aliphatic rings. The first-order valence-electron chi connectivity index (χ1n) is 5.69. The van der Waals surface area contributed by atoms with Gasteiger partial charge in [0.1, 0.15) is 5.75 Å². The lowest BCUT2D eigenvalue weighted by molar-refractivity contribution is 0.103. The predicted molar refractivity (Wildman–Crippen MR) is 85.7 cm³/mol. The summed E-state index contributed by atoms with van der Waals surface area (Å²) in [4.78, 5) is 16.5. The topological polar surface area (TPSA) is 39.2 Å². The predicted octanol–water partition coefficient (Wildman–Crippen LogP) is 4.08. The van der Waals surface area contributed by atoms with E-state index in [1.165, 1.54) is 0 Å². The fourth-order valence-electron chi connectivity index (χ4n) is 1.62. The highest BCUT2D eigenvalue weighted by atomic mass is 127. The summed E-state index contributed by atoms with van der Waals surface area (Å²) in [6.45, 7) is 2.44. The number of aromatic nitrogens is 1. The summed E-state index contributed by atoms with van der Waals surface area (Å²) in [6.07, 6.45) is 3.16. The lowest BCUT2D eigenvalue weighted by Gasteiger charge is -2.07. The Morgan fingerprint density at radius 1 is 1.37 bits per heavy atom. The van der Waals surface area contributed by atoms with Gasteiger partial charge >= 0.3 is 0 Å². The summed E-state index contributed by atoms with van der Waals surface area (Å²) in [5.41, 5.74) is 1.19. The molecule has 0 saturated carbocycles. The molecule has 1 aromatic carbocycles. The van der Waals surface area contributed by atoms with Crippen molar-refractivity contribution in [2.24, 2.45) is 0 Å². The molecule has 0 radical (unpaired) electrons. The summed E-state index contributed by atoms with van der Waals surface area (Å²) >= 11 is 5.53. The van der Waals surface area contributed by atoms with Crippen molar-refractivity contribution >= 4 is 44.3 Å². The standard InChI is InChI=1S/C14H11BrINO2/c1-2-19-11-5-9(7-17-8-11)14(18)12-6-10(15)3-4-13(12)16/h3-8H,2H2,1H3. The van der Waals surface area contributed by atoms with Crippen LogP contribution in [0.15, 0.2) is 41.1 Å². The minimum absolute atomic E-state index is 0.0558. The Hall–Kier alpha value is -0.950. The quantitative estimate of drug-likeness (QED) is 0.540. The van der Waals surface area contributed by atoms with Crippen molar-refractivity contribution in [1.29, 1.82) is 0 Å². The van der Waals surface area contributed by atoms with Gasteiger partial charge in [-0.1, -0.05) is 15.9 Å². The van der Waals surface area contributed by atoms with Crippen molar-refractivity contribution in [3.05, 3.63) is 55.8 Å². The van der Waals surface area contributed by atoms with Crippen molar-refractivity contribution in [3.63, 3.8) is 0 Å². The molecule has 5 heteroatoms. The van der Waals surface area contributed by atoms with Gasteiger partial charge in [0.25, 0.3) is 0 Å². The first kappa shape index (κ1) is 14.5. The highest BCUT2D eigenvalue weighted by Gasteiger charge is 2.14. The van der Waals surface area contributed by atoms with Crippen molar-refractivity contribution in [2.75, 3.05) is 6.61 Å². The van der Waals surface area contributed by atoms with Gasteiger partial charge in [-0.25, -0.2) is 0 Å². The number of hydrogen-bond acceptors (Lipinski definition) is 3. The monoisotopic (exact) mass is 431 g/mol. The number of ketones is 1. The van der Waals surface area contributed by atoms with E-state index in [2.05, 4.69) is 43.5 Å². The van der Waals surface area contributed by atoms with Gasteiger partial charge in [-0.2, -0.15) is 0 Å². The zero-order valence-electron chi connectivity index (χ0n) is 10.2. The molecule has 0 fully saturated rings. The highest BCUT2D eigenvalue weighted by Crippen LogP contribution is 2.22. The smallest absolute Gasteiger partial charge is 0.195 e. The minimum Gasteiger partial charge on any atom is -0.492 e. The molecular formula is C14H11BrINO2. The molecule has 2 rings (SSSR count). The molecule has 19 heavy (non-hydrogen) atoms. The van der Waals surface area contributed by atoms with E-state index in [0.29, 0.717) is 23.5 Å². The van der Waals surface area contributed by atoms with E-state index in [1.807, 2.05) is 25.1 Å². The maximum atomic E-state index is 12.5. The minimum atomic E-state index is -0.0558. The molecule has 1 aromatic heterocycles. The van der Waals surface area contributed by atoms with Crippen molar-refractivity contribution < 1.29 is 9.53 Å². The fraction of sp³-hybridized carbons (Fsp3) is 0.143. The van der Waals surface area contributed by atoms with E-state index < -0.39 is 0 Å². The summed E-state index contributed by atoms with van der Waals surface area (Å²) in [5.74, 6) is 0.554. The van der Waals surface area contributed by atoms with Crippen LogP contribution in [0.25, 0.3) is 0 Å². The number of carbonyl (C=O) groups is 1. The molecule has 2 aromatic rings. The molecule has 0 aliphatic heterocycles. The van der Waals surface area contributed by atoms with E-state index >= 15 is 0 Å². The van der Waals surface area contributed by atoms with Crippen LogP contribution in [-0.2, 0) is 0 Å². The van der Waals surface area contributed by atoms with E-state index in [1.54, 1.807) is 18.5 Å². The van der Waals surface area contributed by atoms with E-state index in [9.17, 15) is 4.79 Å². The van der Waals surface area contributed by atoms with Gasteiger partial charge in [0.05, 0.1) is 12.8 Å². The average Bonchev–Trinajstić information content (AvgIpc) is 2.41. The zero-order chi connectivity index (χ0) is 13.8. The maximum Gasteiger partial charge on any atom is 0.195 e. The molecule has 0 bridgehead atoms. The van der Waals surface area contributed by atoms with Gasteiger partial charge in [-0.15, -0.1) is 0 Å².